The first-order valence-electron chi connectivity index (χ1n) is 9.51. The van der Waals surface area contributed by atoms with Crippen LogP contribution in [0.4, 0.5) is 5.69 Å². The molecule has 10 nitrogen and oxygen atoms in total. The Morgan fingerprint density at radius 2 is 1.69 bits per heavy atom. The van der Waals surface area contributed by atoms with Crippen LogP contribution in [0.5, 0.6) is 0 Å². The van der Waals surface area contributed by atoms with Crippen molar-refractivity contribution < 1.29 is 14.5 Å². The first-order chi connectivity index (χ1) is 15.1. The highest BCUT2D eigenvalue weighted by atomic mass is 32.2. The Balaban J connectivity index is 1.91. The normalized spacial score (nSPS) is 13.3. The molecule has 162 valence electrons. The molecular weight excluding hydrogens is 436 g/mol. The predicted molar refractivity (Wildman–Crippen MR) is 117 cm³/mol. The Morgan fingerprint density at radius 3 is 2.28 bits per heavy atom. The van der Waals surface area contributed by atoms with E-state index in [-0.39, 0.29) is 32.8 Å². The molecule has 0 aliphatic heterocycles. The first-order valence-corrected chi connectivity index (χ1v) is 10.3. The van der Waals surface area contributed by atoms with E-state index in [1.165, 1.54) is 42.9 Å². The highest BCUT2D eigenvalue weighted by molar-refractivity contribution is 8.04. The number of hydrogen-bond acceptors (Lipinski definition) is 8. The summed E-state index contributed by atoms with van der Waals surface area (Å²) in [5.74, 6) is -1.01. The third-order valence-electron chi connectivity index (χ3n) is 5.23. The quantitative estimate of drug-likeness (QED) is 0.434. The van der Waals surface area contributed by atoms with Gasteiger partial charge in [0.05, 0.1) is 32.0 Å². The van der Waals surface area contributed by atoms with Crippen molar-refractivity contribution in [1.82, 2.24) is 14.1 Å². The average molecular weight is 452 g/mol. The van der Waals surface area contributed by atoms with E-state index >= 15 is 0 Å². The molecule has 0 radical (unpaired) electrons. The molecule has 0 fully saturated rings. The number of carbonyl (C=O) groups excluding carboxylic acids is 2. The predicted octanol–water partition coefficient (Wildman–Crippen LogP) is 2.16. The molecule has 4 rings (SSSR count). The van der Waals surface area contributed by atoms with Crippen LogP contribution >= 0.6 is 11.8 Å². The number of thioether (sulfide) groups is 1. The number of allylic oxidation sites excluding steroid dienone is 2. The Labute approximate surface area is 184 Å². The number of fused-ring (bicyclic) bond motifs is 3. The van der Waals surface area contributed by atoms with Crippen molar-refractivity contribution in [2.45, 2.75) is 18.2 Å². The van der Waals surface area contributed by atoms with Gasteiger partial charge in [-0.1, -0.05) is 18.7 Å². The number of benzene rings is 1. The largest absolute Gasteiger partial charge is 0.332 e. The van der Waals surface area contributed by atoms with Gasteiger partial charge >= 0.3 is 5.69 Å². The van der Waals surface area contributed by atoms with Crippen molar-refractivity contribution in [3.63, 3.8) is 0 Å². The number of nitro groups is 1. The minimum Gasteiger partial charge on any atom is -0.289 e. The van der Waals surface area contributed by atoms with Gasteiger partial charge in [-0.15, -0.1) is 0 Å². The van der Waals surface area contributed by atoms with Crippen molar-refractivity contribution in [1.29, 1.82) is 0 Å². The number of carbonyl (C=O) groups is 2. The molecule has 2 aromatic heterocycles. The van der Waals surface area contributed by atoms with Gasteiger partial charge < -0.3 is 0 Å². The van der Waals surface area contributed by atoms with Crippen molar-refractivity contribution in [2.75, 3.05) is 0 Å². The number of aromatic nitrogens is 3. The number of ketones is 2. The summed E-state index contributed by atoms with van der Waals surface area (Å²) in [6.45, 7) is 1.76. The zero-order valence-corrected chi connectivity index (χ0v) is 18.1. The molecule has 11 heteroatoms. The molecule has 0 saturated carbocycles. The van der Waals surface area contributed by atoms with Crippen LogP contribution in [-0.2, 0) is 20.5 Å². The SMILES string of the molecule is CCc1nc2c(c3c1C(=O)C(Sc1ccc([N+](=O)[O-])cc1)=CC3=O)c(=O)n(C)c(=O)n2C. The van der Waals surface area contributed by atoms with Gasteiger partial charge in [0, 0.05) is 37.2 Å². The second-order valence-corrected chi connectivity index (χ2v) is 8.24. The third-order valence-corrected chi connectivity index (χ3v) is 6.26. The summed E-state index contributed by atoms with van der Waals surface area (Å²) in [7, 11) is 2.74. The number of aryl methyl sites for hydroxylation is 2. The lowest BCUT2D eigenvalue weighted by molar-refractivity contribution is -0.384. The maximum atomic E-state index is 13.3. The average Bonchev–Trinajstić information content (AvgIpc) is 2.78. The maximum absolute atomic E-state index is 13.3. The fourth-order valence-corrected chi connectivity index (χ4v) is 4.49. The topological polar surface area (TPSA) is 134 Å². The Bertz CT molecular complexity index is 1500. The molecule has 0 atom stereocenters. The fourth-order valence-electron chi connectivity index (χ4n) is 3.60. The number of nitro benzene ring substituents is 1. The summed E-state index contributed by atoms with van der Waals surface area (Å²) in [4.78, 5) is 67.0. The van der Waals surface area contributed by atoms with Crippen molar-refractivity contribution in [3.05, 3.63) is 83.0 Å². The van der Waals surface area contributed by atoms with Gasteiger partial charge in [0.1, 0.15) is 5.65 Å². The van der Waals surface area contributed by atoms with Crippen LogP contribution in [0.1, 0.15) is 33.3 Å². The highest BCUT2D eigenvalue weighted by Gasteiger charge is 2.33. The molecule has 1 aromatic carbocycles. The van der Waals surface area contributed by atoms with Gasteiger partial charge in [0.15, 0.2) is 5.78 Å². The fraction of sp³-hybridized carbons (Fsp3) is 0.190. The van der Waals surface area contributed by atoms with E-state index in [1.54, 1.807) is 6.92 Å². The van der Waals surface area contributed by atoms with Crippen molar-refractivity contribution in [2.24, 2.45) is 14.1 Å². The smallest absolute Gasteiger partial charge is 0.289 e. The zero-order chi connectivity index (χ0) is 23.3. The molecule has 0 N–H and O–H groups in total. The zero-order valence-electron chi connectivity index (χ0n) is 17.2. The number of hydrogen-bond donors (Lipinski definition) is 0. The van der Waals surface area contributed by atoms with Crippen LogP contribution in [0.25, 0.3) is 11.0 Å². The monoisotopic (exact) mass is 452 g/mol. The van der Waals surface area contributed by atoms with Crippen LogP contribution in [0.3, 0.4) is 0 Å². The van der Waals surface area contributed by atoms with Crippen molar-refractivity contribution in [3.8, 4) is 0 Å². The highest BCUT2D eigenvalue weighted by Crippen LogP contribution is 2.36. The second-order valence-electron chi connectivity index (χ2n) is 7.12. The minimum atomic E-state index is -0.699. The van der Waals surface area contributed by atoms with Crippen molar-refractivity contribution >= 4 is 40.0 Å². The van der Waals surface area contributed by atoms with Gasteiger partial charge in [-0.2, -0.15) is 0 Å². The summed E-state index contributed by atoms with van der Waals surface area (Å²) in [6, 6.07) is 5.59. The van der Waals surface area contributed by atoms with Crippen LogP contribution in [0.15, 0.2) is 49.7 Å². The number of rotatable bonds is 4. The molecule has 3 aromatic rings. The van der Waals surface area contributed by atoms with Crippen LogP contribution < -0.4 is 11.2 Å². The third kappa shape index (κ3) is 3.17. The summed E-state index contributed by atoms with van der Waals surface area (Å²) in [5, 5.41) is 10.8. The first kappa shape index (κ1) is 21.4. The van der Waals surface area contributed by atoms with E-state index in [0.29, 0.717) is 17.0 Å². The molecule has 0 unspecified atom stereocenters. The number of Topliss-reactive ketones (excluding diaryl/α,β-unsaturated/α-hetero) is 1. The standard InChI is InChI=1S/C21H16N4O6S/c1-4-12-15-16(17-19(22-12)23(2)21(29)24(3)20(17)28)13(26)9-14(18(15)27)32-11-7-5-10(6-8-11)25(30)31/h5-9H,4H2,1-3H3. The summed E-state index contributed by atoms with van der Waals surface area (Å²) in [6.07, 6.45) is 1.45. The van der Waals surface area contributed by atoms with E-state index in [4.69, 9.17) is 0 Å². The van der Waals surface area contributed by atoms with E-state index in [9.17, 15) is 29.3 Å². The second kappa shape index (κ2) is 7.68. The van der Waals surface area contributed by atoms with Gasteiger partial charge in [0.2, 0.25) is 5.78 Å². The molecule has 32 heavy (non-hydrogen) atoms. The Hall–Kier alpha value is -3.86. The lowest BCUT2D eigenvalue weighted by atomic mass is 9.90. The number of pyridine rings is 1. The maximum Gasteiger partial charge on any atom is 0.332 e. The van der Waals surface area contributed by atoms with E-state index in [0.717, 1.165) is 22.4 Å². The minimum absolute atomic E-state index is 0.0488. The molecule has 0 amide bonds. The summed E-state index contributed by atoms with van der Waals surface area (Å²) >= 11 is 1.000. The van der Waals surface area contributed by atoms with E-state index < -0.39 is 27.7 Å². The summed E-state index contributed by atoms with van der Waals surface area (Å²) < 4.78 is 2.05. The van der Waals surface area contributed by atoms with Gasteiger partial charge in [-0.3, -0.25) is 33.6 Å². The molecular formula is C21H16N4O6S. The van der Waals surface area contributed by atoms with Gasteiger partial charge in [-0.05, 0) is 18.6 Å². The number of nitrogens with zero attached hydrogens (tertiary/aromatic N) is 4. The molecule has 1 aliphatic rings. The lowest BCUT2D eigenvalue weighted by Crippen LogP contribution is -2.39. The molecule has 0 spiro atoms. The molecule has 1 aliphatic carbocycles. The van der Waals surface area contributed by atoms with Gasteiger partial charge in [0.25, 0.3) is 11.2 Å². The summed E-state index contributed by atoms with van der Waals surface area (Å²) in [5.41, 5.74) is -1.02. The molecule has 0 bridgehead atoms. The lowest BCUT2D eigenvalue weighted by Gasteiger charge is -2.20. The molecule has 0 saturated heterocycles. The Kier molecular flexibility index (Phi) is 5.13. The van der Waals surface area contributed by atoms with E-state index in [1.807, 2.05) is 0 Å². The van der Waals surface area contributed by atoms with Crippen LogP contribution in [-0.4, -0.2) is 30.6 Å². The Morgan fingerprint density at radius 1 is 1.03 bits per heavy atom. The molecule has 2 heterocycles. The van der Waals surface area contributed by atoms with Crippen LogP contribution in [0.2, 0.25) is 0 Å². The van der Waals surface area contributed by atoms with Crippen LogP contribution in [0, 0.1) is 10.1 Å². The van der Waals surface area contributed by atoms with E-state index in [2.05, 4.69) is 4.98 Å². The van der Waals surface area contributed by atoms with Gasteiger partial charge in [-0.25, -0.2) is 9.78 Å². The number of non-ortho nitro benzene ring substituents is 1.